The summed E-state index contributed by atoms with van der Waals surface area (Å²) < 4.78 is 0. The van der Waals surface area contributed by atoms with E-state index in [0.717, 1.165) is 12.0 Å². The van der Waals surface area contributed by atoms with Crippen LogP contribution in [0.4, 0.5) is 0 Å². The number of benzene rings is 1. The lowest BCUT2D eigenvalue weighted by Crippen LogP contribution is -2.06. The van der Waals surface area contributed by atoms with E-state index in [2.05, 4.69) is 30.9 Å². The van der Waals surface area contributed by atoms with Crippen molar-refractivity contribution in [2.45, 2.75) is 39.0 Å². The molecule has 0 fully saturated rings. The highest BCUT2D eigenvalue weighted by Crippen LogP contribution is 2.09. The van der Waals surface area contributed by atoms with Crippen LogP contribution in [-0.2, 0) is 11.2 Å². The molecular weight excluding hydrogens is 210 g/mol. The Morgan fingerprint density at radius 3 is 2.47 bits per heavy atom. The first-order valence-electron chi connectivity index (χ1n) is 6.12. The van der Waals surface area contributed by atoms with Gasteiger partial charge in [-0.25, -0.2) is 0 Å². The first-order valence-corrected chi connectivity index (χ1v) is 6.12. The van der Waals surface area contributed by atoms with E-state index in [-0.39, 0.29) is 0 Å². The third-order valence-electron chi connectivity index (χ3n) is 2.60. The van der Waals surface area contributed by atoms with E-state index in [1.54, 1.807) is 0 Å². The number of hydrogen-bond donors (Lipinski definition) is 1. The van der Waals surface area contributed by atoms with Gasteiger partial charge in [0.05, 0.1) is 0 Å². The normalized spacial score (nSPS) is 9.47. The topological polar surface area (TPSA) is 43.1 Å². The summed E-state index contributed by atoms with van der Waals surface area (Å²) in [4.78, 5) is 10.5. The number of carbonyl (C=O) groups is 1. The lowest BCUT2D eigenvalue weighted by molar-refractivity contribution is -0.112. The number of hydrogen-bond acceptors (Lipinski definition) is 1. The molecule has 90 valence electrons. The molecule has 0 spiro atoms. The van der Waals surface area contributed by atoms with Crippen molar-refractivity contribution >= 4 is 5.91 Å². The fourth-order valence-electron chi connectivity index (χ4n) is 1.64. The van der Waals surface area contributed by atoms with Gasteiger partial charge in [-0.1, -0.05) is 44.2 Å². The smallest absolute Gasteiger partial charge is 0.293 e. The van der Waals surface area contributed by atoms with Crippen molar-refractivity contribution in [2.24, 2.45) is 5.73 Å². The first-order chi connectivity index (χ1) is 8.22. The van der Waals surface area contributed by atoms with Gasteiger partial charge in [-0.15, -0.1) is 0 Å². The van der Waals surface area contributed by atoms with Crippen LogP contribution in [0.3, 0.4) is 0 Å². The van der Waals surface area contributed by atoms with Crippen LogP contribution in [0, 0.1) is 11.8 Å². The molecule has 1 amide bonds. The molecule has 0 aliphatic rings. The van der Waals surface area contributed by atoms with Crippen LogP contribution in [0.2, 0.25) is 0 Å². The molecule has 0 aromatic heterocycles. The van der Waals surface area contributed by atoms with Crippen LogP contribution in [0.5, 0.6) is 0 Å². The van der Waals surface area contributed by atoms with Crippen molar-refractivity contribution in [1.82, 2.24) is 0 Å². The molecule has 2 N–H and O–H groups in total. The second kappa shape index (κ2) is 7.51. The number of carbonyl (C=O) groups excluding carboxylic acids is 1. The Hall–Kier alpha value is -1.75. The highest BCUT2D eigenvalue weighted by molar-refractivity contribution is 5.92. The van der Waals surface area contributed by atoms with Crippen molar-refractivity contribution in [3.8, 4) is 11.8 Å². The third-order valence-corrected chi connectivity index (χ3v) is 2.60. The number of unbranched alkanes of at least 4 members (excludes halogenated alkanes) is 3. The average molecular weight is 229 g/mol. The molecule has 0 heterocycles. The van der Waals surface area contributed by atoms with E-state index >= 15 is 0 Å². The molecule has 2 nitrogen and oxygen atoms in total. The molecule has 0 unspecified atom stereocenters. The summed E-state index contributed by atoms with van der Waals surface area (Å²) in [6.07, 6.45) is 6.22. The fraction of sp³-hybridized carbons (Fsp3) is 0.400. The largest absolute Gasteiger partial charge is 0.359 e. The van der Waals surface area contributed by atoms with Gasteiger partial charge < -0.3 is 5.73 Å². The molecule has 0 saturated carbocycles. The van der Waals surface area contributed by atoms with Gasteiger partial charge in [-0.05, 0) is 36.5 Å². The predicted molar refractivity (Wildman–Crippen MR) is 70.4 cm³/mol. The maximum atomic E-state index is 10.5. The van der Waals surface area contributed by atoms with Crippen molar-refractivity contribution in [3.05, 3.63) is 35.4 Å². The van der Waals surface area contributed by atoms with Gasteiger partial charge in [0.1, 0.15) is 0 Å². The Balaban J connectivity index is 2.45. The van der Waals surface area contributed by atoms with Crippen molar-refractivity contribution < 1.29 is 4.79 Å². The van der Waals surface area contributed by atoms with Crippen LogP contribution in [0.15, 0.2) is 24.3 Å². The van der Waals surface area contributed by atoms with Gasteiger partial charge in [0.2, 0.25) is 0 Å². The van der Waals surface area contributed by atoms with E-state index in [9.17, 15) is 4.79 Å². The van der Waals surface area contributed by atoms with Gasteiger partial charge in [-0.2, -0.15) is 0 Å². The molecule has 1 aromatic carbocycles. The highest BCUT2D eigenvalue weighted by atomic mass is 16.1. The van der Waals surface area contributed by atoms with E-state index in [0.29, 0.717) is 0 Å². The summed E-state index contributed by atoms with van der Waals surface area (Å²) >= 11 is 0. The summed E-state index contributed by atoms with van der Waals surface area (Å²) in [6, 6.07) is 8.00. The Morgan fingerprint density at radius 2 is 1.88 bits per heavy atom. The summed E-state index contributed by atoms with van der Waals surface area (Å²) in [6.45, 7) is 2.21. The summed E-state index contributed by atoms with van der Waals surface area (Å²) in [5.41, 5.74) is 7.11. The van der Waals surface area contributed by atoms with Crippen LogP contribution in [0.25, 0.3) is 0 Å². The van der Waals surface area contributed by atoms with Crippen molar-refractivity contribution in [2.75, 3.05) is 0 Å². The first kappa shape index (κ1) is 13.3. The molecule has 1 rings (SSSR count). The van der Waals surface area contributed by atoms with Crippen LogP contribution >= 0.6 is 0 Å². The Bertz CT molecular complexity index is 409. The zero-order chi connectivity index (χ0) is 12.5. The minimum atomic E-state index is -0.589. The lowest BCUT2D eigenvalue weighted by atomic mass is 10.0. The predicted octanol–water partition coefficient (Wildman–Crippen LogP) is 2.65. The zero-order valence-corrected chi connectivity index (χ0v) is 10.3. The standard InChI is InChI=1S/C15H19NO/c1-2-3-4-5-6-13-7-9-14(10-8-13)11-12-15(16)17/h7-10H,2-6H2,1H3,(H2,16,17). The molecule has 2 heteroatoms. The Kier molecular flexibility index (Phi) is 5.88. The minimum Gasteiger partial charge on any atom is -0.359 e. The monoisotopic (exact) mass is 229 g/mol. The second-order valence-electron chi connectivity index (χ2n) is 4.12. The van der Waals surface area contributed by atoms with Gasteiger partial charge in [0.15, 0.2) is 0 Å². The summed E-state index contributed by atoms with van der Waals surface area (Å²) in [5.74, 6) is 4.46. The molecule has 0 aliphatic heterocycles. The van der Waals surface area contributed by atoms with Crippen LogP contribution < -0.4 is 5.73 Å². The summed E-state index contributed by atoms with van der Waals surface area (Å²) in [7, 11) is 0. The Morgan fingerprint density at radius 1 is 1.18 bits per heavy atom. The van der Waals surface area contributed by atoms with E-state index in [4.69, 9.17) is 5.73 Å². The van der Waals surface area contributed by atoms with Crippen LogP contribution in [-0.4, -0.2) is 5.91 Å². The molecule has 17 heavy (non-hydrogen) atoms. The molecule has 0 saturated heterocycles. The highest BCUT2D eigenvalue weighted by Gasteiger charge is 1.94. The third kappa shape index (κ3) is 5.77. The van der Waals surface area contributed by atoms with E-state index in [1.807, 2.05) is 12.1 Å². The van der Waals surface area contributed by atoms with Gasteiger partial charge in [-0.3, -0.25) is 4.79 Å². The maximum Gasteiger partial charge on any atom is 0.293 e. The quantitative estimate of drug-likeness (QED) is 0.612. The van der Waals surface area contributed by atoms with E-state index in [1.165, 1.54) is 31.2 Å². The zero-order valence-electron chi connectivity index (χ0n) is 10.3. The molecule has 0 atom stereocenters. The fourth-order valence-corrected chi connectivity index (χ4v) is 1.64. The van der Waals surface area contributed by atoms with Crippen molar-refractivity contribution in [3.63, 3.8) is 0 Å². The molecule has 1 aromatic rings. The average Bonchev–Trinajstić information content (AvgIpc) is 2.33. The number of amides is 1. The van der Waals surface area contributed by atoms with Crippen molar-refractivity contribution in [1.29, 1.82) is 0 Å². The van der Waals surface area contributed by atoms with Gasteiger partial charge >= 0.3 is 0 Å². The maximum absolute atomic E-state index is 10.5. The van der Waals surface area contributed by atoms with Gasteiger partial charge in [0, 0.05) is 5.56 Å². The SMILES string of the molecule is CCCCCCc1ccc(C#CC(N)=O)cc1. The van der Waals surface area contributed by atoms with Gasteiger partial charge in [0.25, 0.3) is 5.91 Å². The molecule has 0 radical (unpaired) electrons. The van der Waals surface area contributed by atoms with Crippen LogP contribution in [0.1, 0.15) is 43.7 Å². The number of primary amides is 1. The lowest BCUT2D eigenvalue weighted by Gasteiger charge is -2.01. The number of aryl methyl sites for hydroxylation is 1. The molecular formula is C15H19NO. The summed E-state index contributed by atoms with van der Waals surface area (Å²) in [5, 5.41) is 0. The minimum absolute atomic E-state index is 0.589. The Labute approximate surface area is 103 Å². The molecule has 0 bridgehead atoms. The second-order valence-corrected chi connectivity index (χ2v) is 4.12. The number of rotatable bonds is 5. The number of nitrogens with two attached hydrogens (primary N) is 1. The molecule has 0 aliphatic carbocycles. The van der Waals surface area contributed by atoms with E-state index < -0.39 is 5.91 Å².